The van der Waals surface area contributed by atoms with Crippen LogP contribution >= 0.6 is 11.6 Å². The minimum Gasteiger partial charge on any atom is -0.310 e. The predicted molar refractivity (Wildman–Crippen MR) is 85.8 cm³/mol. The van der Waals surface area contributed by atoms with Crippen LogP contribution in [0.2, 0.25) is 5.02 Å². The molecule has 1 N–H and O–H groups in total. The molecule has 0 saturated heterocycles. The van der Waals surface area contributed by atoms with E-state index in [0.717, 1.165) is 17.5 Å². The molecule has 1 unspecified atom stereocenters. The summed E-state index contributed by atoms with van der Waals surface area (Å²) in [5.74, 6) is 0.848. The van der Waals surface area contributed by atoms with Crippen molar-refractivity contribution in [2.45, 2.75) is 58.9 Å². The summed E-state index contributed by atoms with van der Waals surface area (Å²) in [7, 11) is 0. The van der Waals surface area contributed by atoms with E-state index in [9.17, 15) is 0 Å². The number of unbranched alkanes of at least 4 members (excludes halogenated alkanes) is 3. The van der Waals surface area contributed by atoms with Crippen LogP contribution in [0.15, 0.2) is 24.3 Å². The maximum absolute atomic E-state index is 6.01. The van der Waals surface area contributed by atoms with Crippen molar-refractivity contribution in [3.05, 3.63) is 34.9 Å². The Hall–Kier alpha value is -0.530. The van der Waals surface area contributed by atoms with Crippen molar-refractivity contribution in [2.75, 3.05) is 6.54 Å². The fourth-order valence-corrected chi connectivity index (χ4v) is 2.44. The molecule has 1 rings (SSSR count). The number of hydrogen-bond acceptors (Lipinski definition) is 1. The molecule has 1 nitrogen and oxygen atoms in total. The summed E-state index contributed by atoms with van der Waals surface area (Å²) < 4.78 is 0. The monoisotopic (exact) mass is 281 g/mol. The van der Waals surface area contributed by atoms with E-state index < -0.39 is 0 Å². The maximum Gasteiger partial charge on any atom is 0.0409 e. The zero-order valence-corrected chi connectivity index (χ0v) is 13.3. The van der Waals surface area contributed by atoms with Crippen molar-refractivity contribution in [1.82, 2.24) is 5.32 Å². The number of halogens is 1. The van der Waals surface area contributed by atoms with E-state index in [0.29, 0.717) is 6.04 Å². The average Bonchev–Trinajstić information content (AvgIpc) is 2.37. The molecule has 0 aliphatic rings. The fraction of sp³-hybridized carbons (Fsp3) is 0.647. The largest absolute Gasteiger partial charge is 0.310 e. The van der Waals surface area contributed by atoms with Crippen molar-refractivity contribution in [1.29, 1.82) is 0 Å². The second-order valence-electron chi connectivity index (χ2n) is 5.83. The Kier molecular flexibility index (Phi) is 8.16. The molecule has 0 spiro atoms. The zero-order valence-electron chi connectivity index (χ0n) is 12.6. The molecule has 0 radical (unpaired) electrons. The molecule has 0 saturated carbocycles. The minimum atomic E-state index is 0.384. The van der Waals surface area contributed by atoms with Gasteiger partial charge in [0.15, 0.2) is 0 Å². The SMILES string of the molecule is CC(C)CCCCCCNC(C)c1cccc(Cl)c1. The first-order valence-corrected chi connectivity index (χ1v) is 7.96. The molecular weight excluding hydrogens is 254 g/mol. The van der Waals surface area contributed by atoms with Crippen LogP contribution in [0.5, 0.6) is 0 Å². The topological polar surface area (TPSA) is 12.0 Å². The predicted octanol–water partition coefficient (Wildman–Crippen LogP) is 5.60. The third-order valence-electron chi connectivity index (χ3n) is 3.51. The van der Waals surface area contributed by atoms with Crippen LogP contribution in [0.3, 0.4) is 0 Å². The van der Waals surface area contributed by atoms with Crippen LogP contribution < -0.4 is 5.32 Å². The molecule has 108 valence electrons. The molecule has 1 aromatic rings. The maximum atomic E-state index is 6.01. The molecule has 0 aliphatic heterocycles. The van der Waals surface area contributed by atoms with E-state index in [1.54, 1.807) is 0 Å². The highest BCUT2D eigenvalue weighted by Gasteiger charge is 2.04. The van der Waals surface area contributed by atoms with Crippen LogP contribution in [0.4, 0.5) is 0 Å². The molecule has 1 atom stereocenters. The van der Waals surface area contributed by atoms with Crippen LogP contribution in [0.1, 0.15) is 64.5 Å². The Morgan fingerprint density at radius 2 is 1.79 bits per heavy atom. The van der Waals surface area contributed by atoms with Gasteiger partial charge in [-0.2, -0.15) is 0 Å². The van der Waals surface area contributed by atoms with Gasteiger partial charge in [-0.25, -0.2) is 0 Å². The smallest absolute Gasteiger partial charge is 0.0409 e. The minimum absolute atomic E-state index is 0.384. The van der Waals surface area contributed by atoms with Crippen molar-refractivity contribution in [2.24, 2.45) is 5.92 Å². The van der Waals surface area contributed by atoms with E-state index in [1.807, 2.05) is 18.2 Å². The van der Waals surface area contributed by atoms with Gasteiger partial charge in [0.05, 0.1) is 0 Å². The van der Waals surface area contributed by atoms with Gasteiger partial charge >= 0.3 is 0 Å². The third kappa shape index (κ3) is 7.59. The Labute approximate surface area is 123 Å². The van der Waals surface area contributed by atoms with E-state index in [-0.39, 0.29) is 0 Å². The van der Waals surface area contributed by atoms with Gasteiger partial charge in [0, 0.05) is 11.1 Å². The van der Waals surface area contributed by atoms with E-state index >= 15 is 0 Å². The molecule has 0 amide bonds. The quantitative estimate of drug-likeness (QED) is 0.581. The normalized spacial score (nSPS) is 12.9. The molecular formula is C17H28ClN. The summed E-state index contributed by atoms with van der Waals surface area (Å²) in [6.45, 7) is 7.89. The van der Waals surface area contributed by atoms with Crippen LogP contribution in [-0.4, -0.2) is 6.54 Å². The Morgan fingerprint density at radius 3 is 2.47 bits per heavy atom. The fourth-order valence-electron chi connectivity index (χ4n) is 2.24. The number of rotatable bonds is 9. The zero-order chi connectivity index (χ0) is 14.1. The van der Waals surface area contributed by atoms with Crippen molar-refractivity contribution in [3.8, 4) is 0 Å². The standard InChI is InChI=1S/C17H28ClN/c1-14(2)9-6-4-5-7-12-19-15(3)16-10-8-11-17(18)13-16/h8,10-11,13-15,19H,4-7,9,12H2,1-3H3. The molecule has 0 aromatic heterocycles. The van der Waals surface area contributed by atoms with Crippen LogP contribution in [-0.2, 0) is 0 Å². The van der Waals surface area contributed by atoms with Gasteiger partial charge in [0.25, 0.3) is 0 Å². The number of nitrogens with one attached hydrogen (secondary N) is 1. The Morgan fingerprint density at radius 1 is 1.05 bits per heavy atom. The average molecular weight is 282 g/mol. The van der Waals surface area contributed by atoms with Gasteiger partial charge < -0.3 is 5.32 Å². The molecule has 2 heteroatoms. The first-order valence-electron chi connectivity index (χ1n) is 7.58. The third-order valence-corrected chi connectivity index (χ3v) is 3.74. The summed E-state index contributed by atoms with van der Waals surface area (Å²) in [4.78, 5) is 0. The second-order valence-corrected chi connectivity index (χ2v) is 6.26. The van der Waals surface area contributed by atoms with E-state index in [2.05, 4.69) is 32.2 Å². The van der Waals surface area contributed by atoms with Gasteiger partial charge in [0.1, 0.15) is 0 Å². The summed E-state index contributed by atoms with van der Waals surface area (Å²) in [6, 6.07) is 8.50. The van der Waals surface area contributed by atoms with Crippen LogP contribution in [0.25, 0.3) is 0 Å². The lowest BCUT2D eigenvalue weighted by atomic mass is 10.0. The summed E-state index contributed by atoms with van der Waals surface area (Å²) >= 11 is 6.01. The van der Waals surface area contributed by atoms with Gasteiger partial charge in [-0.1, -0.05) is 63.3 Å². The van der Waals surface area contributed by atoms with Gasteiger partial charge in [-0.05, 0) is 43.5 Å². The molecule has 0 fully saturated rings. The summed E-state index contributed by atoms with van der Waals surface area (Å²) in [5, 5.41) is 4.39. The van der Waals surface area contributed by atoms with Crippen molar-refractivity contribution in [3.63, 3.8) is 0 Å². The van der Waals surface area contributed by atoms with Gasteiger partial charge in [-0.3, -0.25) is 0 Å². The first kappa shape index (κ1) is 16.5. The second kappa shape index (κ2) is 9.39. The molecule has 0 bridgehead atoms. The van der Waals surface area contributed by atoms with E-state index in [1.165, 1.54) is 37.7 Å². The summed E-state index contributed by atoms with van der Waals surface area (Å²) in [6.07, 6.45) is 6.71. The van der Waals surface area contributed by atoms with Crippen molar-refractivity contribution >= 4 is 11.6 Å². The lowest BCUT2D eigenvalue weighted by molar-refractivity contribution is 0.498. The first-order chi connectivity index (χ1) is 9.09. The molecule has 0 heterocycles. The van der Waals surface area contributed by atoms with Crippen molar-refractivity contribution < 1.29 is 0 Å². The van der Waals surface area contributed by atoms with Crippen LogP contribution in [0, 0.1) is 5.92 Å². The van der Waals surface area contributed by atoms with Gasteiger partial charge in [-0.15, -0.1) is 0 Å². The molecule has 1 aromatic carbocycles. The lowest BCUT2D eigenvalue weighted by Crippen LogP contribution is -2.19. The summed E-state index contributed by atoms with van der Waals surface area (Å²) in [5.41, 5.74) is 1.27. The Balaban J connectivity index is 2.09. The Bertz CT molecular complexity index is 349. The van der Waals surface area contributed by atoms with E-state index in [4.69, 9.17) is 11.6 Å². The van der Waals surface area contributed by atoms with Gasteiger partial charge in [0.2, 0.25) is 0 Å². The highest BCUT2D eigenvalue weighted by atomic mass is 35.5. The molecule has 19 heavy (non-hydrogen) atoms. The molecule has 0 aliphatic carbocycles. The highest BCUT2D eigenvalue weighted by molar-refractivity contribution is 6.30. The number of benzene rings is 1. The lowest BCUT2D eigenvalue weighted by Gasteiger charge is -2.14. The highest BCUT2D eigenvalue weighted by Crippen LogP contribution is 2.17. The number of hydrogen-bond donors (Lipinski definition) is 1.